The van der Waals surface area contributed by atoms with Gasteiger partial charge in [-0.15, -0.1) is 0 Å². The van der Waals surface area contributed by atoms with Crippen LogP contribution in [0.25, 0.3) is 21.8 Å². The van der Waals surface area contributed by atoms with Crippen LogP contribution in [0.5, 0.6) is 5.75 Å². The van der Waals surface area contributed by atoms with Gasteiger partial charge in [0.15, 0.2) is 0 Å². The number of hydrogen-bond acceptors (Lipinski definition) is 5. The van der Waals surface area contributed by atoms with Crippen LogP contribution in [0, 0.1) is 0 Å². The molecule has 0 spiro atoms. The van der Waals surface area contributed by atoms with E-state index >= 15 is 0 Å². The van der Waals surface area contributed by atoms with Crippen molar-refractivity contribution in [3.63, 3.8) is 0 Å². The Labute approximate surface area is 192 Å². The van der Waals surface area contributed by atoms with Crippen LogP contribution in [0.4, 0.5) is 0 Å². The van der Waals surface area contributed by atoms with Crippen molar-refractivity contribution in [2.24, 2.45) is 0 Å². The number of methoxy groups -OCH3 is 1. The number of para-hydroxylation sites is 1. The Morgan fingerprint density at radius 1 is 1.21 bits per heavy atom. The maximum absolute atomic E-state index is 12.7. The molecule has 2 aromatic carbocycles. The van der Waals surface area contributed by atoms with Crippen LogP contribution in [0.2, 0.25) is 0 Å². The minimum atomic E-state index is -0.625. The first kappa shape index (κ1) is 21.4. The smallest absolute Gasteiger partial charge is 0.267 e. The highest BCUT2D eigenvalue weighted by Crippen LogP contribution is 2.28. The average molecular weight is 445 g/mol. The number of amides is 1. The number of benzene rings is 2. The van der Waals surface area contributed by atoms with Crippen molar-refractivity contribution < 1.29 is 14.6 Å². The molecule has 7 heteroatoms. The number of H-pyrrole nitrogens is 1. The molecule has 4 aromatic rings. The zero-order valence-electron chi connectivity index (χ0n) is 18.6. The Hall–Kier alpha value is -3.42. The van der Waals surface area contributed by atoms with Crippen molar-refractivity contribution in [3.8, 4) is 5.75 Å². The molecule has 0 saturated carbocycles. The van der Waals surface area contributed by atoms with Gasteiger partial charge in [-0.2, -0.15) is 0 Å². The number of pyridine rings is 1. The summed E-state index contributed by atoms with van der Waals surface area (Å²) in [5, 5.41) is 16.1. The van der Waals surface area contributed by atoms with E-state index in [2.05, 4.69) is 20.2 Å². The highest BCUT2D eigenvalue weighted by atomic mass is 16.5. The SMILES string of the molecule is COc1ccc2nccc([C@@H](O)CN3CCC(NC(=O)c4cc5ccccc5[nH]4)CC3)c2c1. The minimum absolute atomic E-state index is 0.0677. The number of nitrogens with zero attached hydrogens (tertiary/aromatic N) is 2. The number of likely N-dealkylation sites (tertiary alicyclic amines) is 1. The fourth-order valence-electron chi connectivity index (χ4n) is 4.63. The van der Waals surface area contributed by atoms with Gasteiger partial charge in [-0.1, -0.05) is 18.2 Å². The lowest BCUT2D eigenvalue weighted by molar-refractivity contribution is 0.0828. The number of carbonyl (C=O) groups is 1. The number of ether oxygens (including phenoxy) is 1. The highest BCUT2D eigenvalue weighted by Gasteiger charge is 2.24. The third-order valence-electron chi connectivity index (χ3n) is 6.47. The molecule has 0 unspecified atom stereocenters. The van der Waals surface area contributed by atoms with Gasteiger partial charge in [-0.05, 0) is 54.8 Å². The van der Waals surface area contributed by atoms with Crippen LogP contribution < -0.4 is 10.1 Å². The van der Waals surface area contributed by atoms with Crippen LogP contribution in [-0.2, 0) is 0 Å². The number of aromatic nitrogens is 2. The Kier molecular flexibility index (Phi) is 5.98. The first-order valence-electron chi connectivity index (χ1n) is 11.3. The Balaban J connectivity index is 1.18. The lowest BCUT2D eigenvalue weighted by Crippen LogP contribution is -2.45. The highest BCUT2D eigenvalue weighted by molar-refractivity contribution is 5.98. The van der Waals surface area contributed by atoms with E-state index in [-0.39, 0.29) is 11.9 Å². The Morgan fingerprint density at radius 2 is 2.03 bits per heavy atom. The first-order chi connectivity index (χ1) is 16.1. The average Bonchev–Trinajstić information content (AvgIpc) is 3.29. The summed E-state index contributed by atoms with van der Waals surface area (Å²) >= 11 is 0. The van der Waals surface area contributed by atoms with E-state index in [9.17, 15) is 9.90 Å². The number of aliphatic hydroxyl groups is 1. The monoisotopic (exact) mass is 444 g/mol. The molecule has 3 N–H and O–H groups in total. The molecule has 2 aromatic heterocycles. The summed E-state index contributed by atoms with van der Waals surface area (Å²) in [5.41, 5.74) is 3.25. The van der Waals surface area contributed by atoms with E-state index in [1.807, 2.05) is 54.6 Å². The number of fused-ring (bicyclic) bond motifs is 2. The summed E-state index contributed by atoms with van der Waals surface area (Å²) in [6.45, 7) is 2.18. The normalized spacial score (nSPS) is 16.2. The van der Waals surface area contributed by atoms with Crippen LogP contribution in [0.3, 0.4) is 0 Å². The third kappa shape index (κ3) is 4.55. The molecule has 1 atom stereocenters. The van der Waals surface area contributed by atoms with Crippen molar-refractivity contribution >= 4 is 27.7 Å². The van der Waals surface area contributed by atoms with Crippen LogP contribution >= 0.6 is 0 Å². The number of aliphatic hydroxyl groups excluding tert-OH is 1. The summed E-state index contributed by atoms with van der Waals surface area (Å²) < 4.78 is 5.34. The first-order valence-corrected chi connectivity index (χ1v) is 11.3. The van der Waals surface area contributed by atoms with Crippen molar-refractivity contribution in [3.05, 3.63) is 72.1 Å². The minimum Gasteiger partial charge on any atom is -0.497 e. The molecule has 3 heterocycles. The molecule has 7 nitrogen and oxygen atoms in total. The predicted molar refractivity (Wildman–Crippen MR) is 128 cm³/mol. The molecule has 0 aliphatic carbocycles. The van der Waals surface area contributed by atoms with E-state index in [4.69, 9.17) is 4.74 Å². The molecule has 5 rings (SSSR count). The fourth-order valence-corrected chi connectivity index (χ4v) is 4.63. The second-order valence-corrected chi connectivity index (χ2v) is 8.62. The molecule has 1 aliphatic rings. The van der Waals surface area contributed by atoms with Gasteiger partial charge in [-0.25, -0.2) is 0 Å². The molecular formula is C26H28N4O3. The van der Waals surface area contributed by atoms with E-state index < -0.39 is 6.10 Å². The molecule has 1 aliphatic heterocycles. The number of aromatic amines is 1. The van der Waals surface area contributed by atoms with E-state index in [1.54, 1.807) is 13.3 Å². The molecule has 170 valence electrons. The van der Waals surface area contributed by atoms with Gasteiger partial charge in [0, 0.05) is 48.2 Å². The van der Waals surface area contributed by atoms with Crippen molar-refractivity contribution in [1.29, 1.82) is 0 Å². The van der Waals surface area contributed by atoms with E-state index in [0.717, 1.165) is 59.0 Å². The van der Waals surface area contributed by atoms with Gasteiger partial charge in [0.2, 0.25) is 0 Å². The summed E-state index contributed by atoms with van der Waals surface area (Å²) in [5.74, 6) is 0.678. The lowest BCUT2D eigenvalue weighted by atomic mass is 10.0. The van der Waals surface area contributed by atoms with Crippen molar-refractivity contribution in [1.82, 2.24) is 20.2 Å². The van der Waals surface area contributed by atoms with Gasteiger partial charge in [0.05, 0.1) is 18.7 Å². The van der Waals surface area contributed by atoms with Crippen LogP contribution in [0.1, 0.15) is 35.0 Å². The van der Waals surface area contributed by atoms with Crippen molar-refractivity contribution in [2.45, 2.75) is 25.0 Å². The summed E-state index contributed by atoms with van der Waals surface area (Å²) in [7, 11) is 1.63. The van der Waals surface area contributed by atoms with E-state index in [0.29, 0.717) is 12.2 Å². The molecular weight excluding hydrogens is 416 g/mol. The zero-order valence-corrected chi connectivity index (χ0v) is 18.6. The van der Waals surface area contributed by atoms with E-state index in [1.165, 1.54) is 0 Å². The number of rotatable bonds is 6. The molecule has 0 radical (unpaired) electrons. The topological polar surface area (TPSA) is 90.5 Å². The van der Waals surface area contributed by atoms with Crippen LogP contribution in [0.15, 0.2) is 60.8 Å². The lowest BCUT2D eigenvalue weighted by Gasteiger charge is -2.33. The maximum Gasteiger partial charge on any atom is 0.267 e. The fraction of sp³-hybridized carbons (Fsp3) is 0.308. The number of piperidine rings is 1. The third-order valence-corrected chi connectivity index (χ3v) is 6.47. The second-order valence-electron chi connectivity index (χ2n) is 8.62. The molecule has 1 amide bonds. The summed E-state index contributed by atoms with van der Waals surface area (Å²) in [4.78, 5) is 22.5. The summed E-state index contributed by atoms with van der Waals surface area (Å²) in [6, 6.07) is 17.5. The standard InChI is InChI=1S/C26H28N4O3/c1-33-19-6-7-23-21(15-19)20(8-11-27-23)25(31)16-30-12-9-18(10-13-30)28-26(32)24-14-17-4-2-3-5-22(17)29-24/h2-8,11,14-15,18,25,29,31H,9-10,12-13,16H2,1H3,(H,28,32)/t25-/m0/s1. The zero-order chi connectivity index (χ0) is 22.8. The van der Waals surface area contributed by atoms with Gasteiger partial charge in [0.1, 0.15) is 11.4 Å². The number of hydrogen-bond donors (Lipinski definition) is 3. The van der Waals surface area contributed by atoms with Gasteiger partial charge in [-0.3, -0.25) is 9.78 Å². The maximum atomic E-state index is 12.7. The Morgan fingerprint density at radius 3 is 2.82 bits per heavy atom. The second kappa shape index (κ2) is 9.21. The molecule has 0 bridgehead atoms. The number of nitrogens with one attached hydrogen (secondary N) is 2. The molecule has 33 heavy (non-hydrogen) atoms. The quantitative estimate of drug-likeness (QED) is 0.422. The van der Waals surface area contributed by atoms with Gasteiger partial charge in [0.25, 0.3) is 5.91 Å². The molecule has 1 saturated heterocycles. The Bertz CT molecular complexity index is 1240. The predicted octanol–water partition coefficient (Wildman–Crippen LogP) is 3.65. The van der Waals surface area contributed by atoms with Crippen LogP contribution in [-0.4, -0.2) is 58.7 Å². The number of carbonyl (C=O) groups excluding carboxylic acids is 1. The van der Waals surface area contributed by atoms with Crippen molar-refractivity contribution in [2.75, 3.05) is 26.7 Å². The molecule has 1 fully saturated rings. The number of β-amino-alcohol motifs (C(OH)–C–C–N with tert-alkyl or cyclic N) is 1. The van der Waals surface area contributed by atoms with Gasteiger partial charge >= 0.3 is 0 Å². The largest absolute Gasteiger partial charge is 0.497 e. The summed E-state index contributed by atoms with van der Waals surface area (Å²) in [6.07, 6.45) is 2.81. The van der Waals surface area contributed by atoms with Gasteiger partial charge < -0.3 is 25.0 Å².